The second-order valence-electron chi connectivity index (χ2n) is 5.45. The summed E-state index contributed by atoms with van der Waals surface area (Å²) in [6, 6.07) is 12.5. The summed E-state index contributed by atoms with van der Waals surface area (Å²) < 4.78 is 10.5. The van der Waals surface area contributed by atoms with E-state index < -0.39 is 0 Å². The molecule has 0 saturated carbocycles. The topological polar surface area (TPSA) is 51.1 Å². The van der Waals surface area contributed by atoms with Crippen molar-refractivity contribution in [1.29, 1.82) is 0 Å². The molecule has 6 heteroatoms. The first-order chi connectivity index (χ1) is 12.0. The monoisotopic (exact) mass is 356 g/mol. The van der Waals surface area contributed by atoms with Crippen LogP contribution < -0.4 is 14.5 Å². The van der Waals surface area contributed by atoms with Crippen LogP contribution in [0.4, 0.5) is 5.69 Å². The summed E-state index contributed by atoms with van der Waals surface area (Å²) in [4.78, 5) is 12.8. The quantitative estimate of drug-likeness (QED) is 0.773. The van der Waals surface area contributed by atoms with Crippen molar-refractivity contribution in [2.45, 2.75) is 6.92 Å². The van der Waals surface area contributed by atoms with Gasteiger partial charge < -0.3 is 9.47 Å². The molecule has 1 amide bonds. The van der Waals surface area contributed by atoms with Gasteiger partial charge in [-0.15, -0.1) is 0 Å². The van der Waals surface area contributed by atoms with E-state index >= 15 is 0 Å². The molecule has 1 heterocycles. The molecule has 1 aliphatic rings. The SMILES string of the molecule is COc1ccc(/C=C2/C(=O)N(c3cccc(Cl)c3)N=C2C)cc1OC. The third-order valence-corrected chi connectivity index (χ3v) is 4.07. The van der Waals surface area contributed by atoms with Gasteiger partial charge in [0.25, 0.3) is 5.91 Å². The van der Waals surface area contributed by atoms with E-state index in [2.05, 4.69) is 5.10 Å². The number of methoxy groups -OCH3 is 2. The number of halogens is 1. The Bertz CT molecular complexity index is 890. The third kappa shape index (κ3) is 3.37. The molecule has 2 aromatic rings. The van der Waals surface area contributed by atoms with Crippen molar-refractivity contribution in [2.24, 2.45) is 5.10 Å². The van der Waals surface area contributed by atoms with E-state index in [0.717, 1.165) is 5.56 Å². The van der Waals surface area contributed by atoms with Gasteiger partial charge in [0.1, 0.15) is 0 Å². The molecule has 0 saturated heterocycles. The average Bonchev–Trinajstić information content (AvgIpc) is 2.89. The molecule has 0 bridgehead atoms. The number of nitrogens with zero attached hydrogens (tertiary/aromatic N) is 2. The maximum absolute atomic E-state index is 12.8. The molecule has 128 valence electrons. The third-order valence-electron chi connectivity index (χ3n) is 3.83. The fraction of sp³-hybridized carbons (Fsp3) is 0.158. The maximum atomic E-state index is 12.8. The summed E-state index contributed by atoms with van der Waals surface area (Å²) in [5.74, 6) is 1.03. The highest BCUT2D eigenvalue weighted by atomic mass is 35.5. The molecule has 0 aliphatic carbocycles. The number of rotatable bonds is 4. The lowest BCUT2D eigenvalue weighted by atomic mass is 10.1. The first kappa shape index (κ1) is 17.0. The van der Waals surface area contributed by atoms with Crippen LogP contribution in [-0.4, -0.2) is 25.8 Å². The Morgan fingerprint density at radius 2 is 1.84 bits per heavy atom. The molecule has 0 atom stereocenters. The van der Waals surface area contributed by atoms with Gasteiger partial charge in [-0.3, -0.25) is 4.79 Å². The van der Waals surface area contributed by atoms with Crippen molar-refractivity contribution in [2.75, 3.05) is 19.2 Å². The standard InChI is InChI=1S/C19H17ClN2O3/c1-12-16(9-13-7-8-17(24-2)18(10-13)25-3)19(23)22(21-12)15-6-4-5-14(20)11-15/h4-11H,1-3H3/b16-9+. The number of anilines is 1. The van der Waals surface area contributed by atoms with Crippen LogP contribution in [0, 0.1) is 0 Å². The fourth-order valence-electron chi connectivity index (χ4n) is 2.58. The molecular formula is C19H17ClN2O3. The molecule has 0 N–H and O–H groups in total. The molecule has 1 aliphatic heterocycles. The second kappa shape index (κ2) is 6.99. The fourth-order valence-corrected chi connectivity index (χ4v) is 2.76. The van der Waals surface area contributed by atoms with Gasteiger partial charge in [0, 0.05) is 5.02 Å². The predicted octanol–water partition coefficient (Wildman–Crippen LogP) is 4.16. The van der Waals surface area contributed by atoms with Crippen molar-refractivity contribution < 1.29 is 14.3 Å². The minimum absolute atomic E-state index is 0.199. The number of benzene rings is 2. The van der Waals surface area contributed by atoms with E-state index in [-0.39, 0.29) is 5.91 Å². The number of hydrogen-bond acceptors (Lipinski definition) is 4. The Morgan fingerprint density at radius 3 is 2.52 bits per heavy atom. The van der Waals surface area contributed by atoms with Gasteiger partial charge in [-0.25, -0.2) is 0 Å². The van der Waals surface area contributed by atoms with Gasteiger partial charge in [-0.1, -0.05) is 23.7 Å². The Hall–Kier alpha value is -2.79. The predicted molar refractivity (Wildman–Crippen MR) is 99.6 cm³/mol. The number of hydrazone groups is 1. The summed E-state index contributed by atoms with van der Waals surface area (Å²) in [6.07, 6.45) is 1.79. The van der Waals surface area contributed by atoms with Gasteiger partial charge >= 0.3 is 0 Å². The molecule has 0 unspecified atom stereocenters. The summed E-state index contributed by atoms with van der Waals surface area (Å²) in [6.45, 7) is 1.80. The molecule has 25 heavy (non-hydrogen) atoms. The molecule has 0 spiro atoms. The van der Waals surface area contributed by atoms with Crippen LogP contribution in [0.25, 0.3) is 6.08 Å². The largest absolute Gasteiger partial charge is 0.493 e. The van der Waals surface area contributed by atoms with Crippen LogP contribution in [0.15, 0.2) is 53.1 Å². The van der Waals surface area contributed by atoms with Crippen molar-refractivity contribution in [1.82, 2.24) is 0 Å². The Balaban J connectivity index is 1.95. The van der Waals surface area contributed by atoms with E-state index in [1.807, 2.05) is 12.1 Å². The Kier molecular flexibility index (Phi) is 4.76. The Morgan fingerprint density at radius 1 is 1.08 bits per heavy atom. The lowest BCUT2D eigenvalue weighted by Crippen LogP contribution is -2.21. The van der Waals surface area contributed by atoms with Gasteiger partial charge in [0.15, 0.2) is 11.5 Å². The van der Waals surface area contributed by atoms with Gasteiger partial charge in [-0.2, -0.15) is 10.1 Å². The van der Waals surface area contributed by atoms with E-state index in [9.17, 15) is 4.79 Å². The zero-order valence-corrected chi connectivity index (χ0v) is 14.9. The van der Waals surface area contributed by atoms with Gasteiger partial charge in [-0.05, 0) is 48.9 Å². The highest BCUT2D eigenvalue weighted by molar-refractivity contribution is 6.33. The van der Waals surface area contributed by atoms with Crippen LogP contribution in [0.3, 0.4) is 0 Å². The highest BCUT2D eigenvalue weighted by Gasteiger charge is 2.28. The second-order valence-corrected chi connectivity index (χ2v) is 5.89. The number of carbonyl (C=O) groups excluding carboxylic acids is 1. The van der Waals surface area contributed by atoms with Crippen LogP contribution in [0.1, 0.15) is 12.5 Å². The van der Waals surface area contributed by atoms with Crippen molar-refractivity contribution in [3.05, 3.63) is 58.6 Å². The van der Waals surface area contributed by atoms with Crippen LogP contribution in [0.5, 0.6) is 11.5 Å². The summed E-state index contributed by atoms with van der Waals surface area (Å²) >= 11 is 6.01. The minimum atomic E-state index is -0.199. The van der Waals surface area contributed by atoms with E-state index in [1.54, 1.807) is 57.6 Å². The lowest BCUT2D eigenvalue weighted by Gasteiger charge is -2.12. The Labute approximate surface area is 151 Å². The molecule has 0 radical (unpaired) electrons. The molecule has 0 aromatic heterocycles. The van der Waals surface area contributed by atoms with E-state index in [0.29, 0.717) is 33.5 Å². The number of ether oxygens (including phenoxy) is 2. The zero-order valence-electron chi connectivity index (χ0n) is 14.1. The number of hydrogen-bond donors (Lipinski definition) is 0. The summed E-state index contributed by atoms with van der Waals surface area (Å²) in [7, 11) is 3.15. The normalized spacial score (nSPS) is 15.5. The van der Waals surface area contributed by atoms with Gasteiger partial charge in [0.05, 0.1) is 31.2 Å². The number of amides is 1. The lowest BCUT2D eigenvalue weighted by molar-refractivity contribution is -0.114. The minimum Gasteiger partial charge on any atom is -0.493 e. The van der Waals surface area contributed by atoms with Crippen molar-refractivity contribution in [3.63, 3.8) is 0 Å². The smallest absolute Gasteiger partial charge is 0.280 e. The van der Waals surface area contributed by atoms with Crippen LogP contribution in [-0.2, 0) is 4.79 Å². The molecule has 2 aromatic carbocycles. The zero-order chi connectivity index (χ0) is 18.0. The molecule has 5 nitrogen and oxygen atoms in total. The summed E-state index contributed by atoms with van der Waals surface area (Å²) in [5.41, 5.74) is 2.61. The van der Waals surface area contributed by atoms with Crippen molar-refractivity contribution >= 4 is 35.0 Å². The number of carbonyl (C=O) groups is 1. The average molecular weight is 357 g/mol. The molecular weight excluding hydrogens is 340 g/mol. The van der Waals surface area contributed by atoms with E-state index in [4.69, 9.17) is 21.1 Å². The molecule has 3 rings (SSSR count). The maximum Gasteiger partial charge on any atom is 0.280 e. The first-order valence-electron chi connectivity index (χ1n) is 7.63. The van der Waals surface area contributed by atoms with E-state index in [1.165, 1.54) is 5.01 Å². The first-order valence-corrected chi connectivity index (χ1v) is 8.00. The van der Waals surface area contributed by atoms with Crippen molar-refractivity contribution in [3.8, 4) is 11.5 Å². The molecule has 0 fully saturated rings. The van der Waals surface area contributed by atoms with Crippen LogP contribution >= 0.6 is 11.6 Å². The van der Waals surface area contributed by atoms with Crippen LogP contribution in [0.2, 0.25) is 5.02 Å². The highest BCUT2D eigenvalue weighted by Crippen LogP contribution is 2.30. The summed E-state index contributed by atoms with van der Waals surface area (Å²) in [5, 5.41) is 6.26. The van der Waals surface area contributed by atoms with Gasteiger partial charge in [0.2, 0.25) is 0 Å².